The van der Waals surface area contributed by atoms with Crippen LogP contribution in [0.1, 0.15) is 39.0 Å². The molecule has 2 saturated heterocycles. The number of hydrogen-bond donors (Lipinski definition) is 0. The van der Waals surface area contributed by atoms with Crippen LogP contribution in [-0.4, -0.2) is 48.6 Å². The molecule has 86 valence electrons. The van der Waals surface area contributed by atoms with Gasteiger partial charge in [0.25, 0.3) is 0 Å². The van der Waals surface area contributed by atoms with Crippen LogP contribution in [0.5, 0.6) is 0 Å². The van der Waals surface area contributed by atoms with Gasteiger partial charge in [-0.25, -0.2) is 0 Å². The van der Waals surface area contributed by atoms with Crippen molar-refractivity contribution in [1.82, 2.24) is 9.80 Å². The van der Waals surface area contributed by atoms with E-state index in [9.17, 15) is 0 Å². The lowest BCUT2D eigenvalue weighted by Gasteiger charge is -2.53. The normalized spacial score (nSPS) is 47.6. The Morgan fingerprint density at radius 2 is 2.00 bits per heavy atom. The molecule has 3 aliphatic rings. The van der Waals surface area contributed by atoms with Gasteiger partial charge in [0.05, 0.1) is 0 Å². The average Bonchev–Trinajstić information content (AvgIpc) is 2.74. The van der Waals surface area contributed by atoms with E-state index in [-0.39, 0.29) is 0 Å². The molecule has 3 fully saturated rings. The zero-order chi connectivity index (χ0) is 10.5. The second-order valence-corrected chi connectivity index (χ2v) is 6.13. The van der Waals surface area contributed by atoms with Crippen molar-refractivity contribution in [1.29, 1.82) is 0 Å². The minimum absolute atomic E-state index is 0.702. The van der Waals surface area contributed by atoms with Crippen molar-refractivity contribution in [3.8, 4) is 0 Å². The van der Waals surface area contributed by atoms with E-state index in [0.717, 1.165) is 12.1 Å². The maximum atomic E-state index is 2.82. The molecule has 2 heteroatoms. The minimum Gasteiger partial charge on any atom is -0.306 e. The van der Waals surface area contributed by atoms with Crippen molar-refractivity contribution in [3.05, 3.63) is 0 Å². The van der Waals surface area contributed by atoms with E-state index in [1.54, 1.807) is 0 Å². The third kappa shape index (κ3) is 1.45. The Bertz CT molecular complexity index is 253. The molecule has 0 amide bonds. The van der Waals surface area contributed by atoms with Crippen LogP contribution < -0.4 is 0 Å². The molecule has 2 aliphatic heterocycles. The number of likely N-dealkylation sites (tertiary alicyclic amines) is 2. The van der Waals surface area contributed by atoms with Crippen molar-refractivity contribution in [3.63, 3.8) is 0 Å². The molecule has 0 aromatic rings. The molecule has 1 saturated carbocycles. The molecular formula is C13H24N2. The smallest absolute Gasteiger partial charge is 0.0167 e. The van der Waals surface area contributed by atoms with Crippen LogP contribution >= 0.6 is 0 Å². The fourth-order valence-corrected chi connectivity index (χ4v) is 4.20. The molecule has 0 aromatic carbocycles. The fraction of sp³-hybridized carbons (Fsp3) is 1.00. The van der Waals surface area contributed by atoms with Gasteiger partial charge in [0.1, 0.15) is 0 Å². The van der Waals surface area contributed by atoms with E-state index in [4.69, 9.17) is 0 Å². The Balaban J connectivity index is 1.72. The summed E-state index contributed by atoms with van der Waals surface area (Å²) < 4.78 is 0. The summed E-state index contributed by atoms with van der Waals surface area (Å²) in [6.45, 7) is 6.49. The largest absolute Gasteiger partial charge is 0.306 e. The Morgan fingerprint density at radius 3 is 2.47 bits per heavy atom. The van der Waals surface area contributed by atoms with Crippen molar-refractivity contribution in [2.75, 3.05) is 26.7 Å². The van der Waals surface area contributed by atoms with E-state index in [1.807, 2.05) is 0 Å². The molecule has 0 N–H and O–H groups in total. The van der Waals surface area contributed by atoms with E-state index in [2.05, 4.69) is 23.8 Å². The van der Waals surface area contributed by atoms with Gasteiger partial charge in [-0.05, 0) is 64.6 Å². The quantitative estimate of drug-likeness (QED) is 0.650. The number of rotatable bonds is 1. The molecule has 2 heterocycles. The molecule has 1 spiro atoms. The second kappa shape index (κ2) is 3.46. The summed E-state index contributed by atoms with van der Waals surface area (Å²) in [6.07, 6.45) is 7.28. The van der Waals surface area contributed by atoms with Gasteiger partial charge in [-0.1, -0.05) is 0 Å². The van der Waals surface area contributed by atoms with Crippen molar-refractivity contribution in [2.24, 2.45) is 5.41 Å². The van der Waals surface area contributed by atoms with Gasteiger partial charge in [0.15, 0.2) is 0 Å². The van der Waals surface area contributed by atoms with E-state index >= 15 is 0 Å². The Labute approximate surface area is 93.6 Å². The second-order valence-electron chi connectivity index (χ2n) is 6.13. The molecule has 0 radical (unpaired) electrons. The first-order valence-electron chi connectivity index (χ1n) is 6.66. The highest BCUT2D eigenvalue weighted by Gasteiger charge is 2.53. The average molecular weight is 208 g/mol. The van der Waals surface area contributed by atoms with Gasteiger partial charge >= 0.3 is 0 Å². The third-order valence-electron chi connectivity index (χ3n) is 5.20. The van der Waals surface area contributed by atoms with Crippen LogP contribution in [0.4, 0.5) is 0 Å². The van der Waals surface area contributed by atoms with Crippen molar-refractivity contribution in [2.45, 2.75) is 51.1 Å². The van der Waals surface area contributed by atoms with E-state index in [1.165, 1.54) is 51.7 Å². The summed E-state index contributed by atoms with van der Waals surface area (Å²) in [5.41, 5.74) is 0.702. The zero-order valence-electron chi connectivity index (χ0n) is 10.2. The van der Waals surface area contributed by atoms with Gasteiger partial charge in [-0.3, -0.25) is 4.90 Å². The van der Waals surface area contributed by atoms with Gasteiger partial charge < -0.3 is 4.90 Å². The monoisotopic (exact) mass is 208 g/mol. The predicted molar refractivity (Wildman–Crippen MR) is 63.0 cm³/mol. The summed E-state index contributed by atoms with van der Waals surface area (Å²) in [5.74, 6) is 0. The summed E-state index contributed by atoms with van der Waals surface area (Å²) in [4.78, 5) is 5.36. The van der Waals surface area contributed by atoms with Gasteiger partial charge in [-0.2, -0.15) is 0 Å². The minimum atomic E-state index is 0.702. The first-order valence-corrected chi connectivity index (χ1v) is 6.66. The lowest BCUT2D eigenvalue weighted by atomic mass is 9.63. The lowest BCUT2D eigenvalue weighted by molar-refractivity contribution is -0.0221. The molecule has 15 heavy (non-hydrogen) atoms. The SMILES string of the molecule is CC1CCCN1C1CCC12CCN(C)C2. The molecular weight excluding hydrogens is 184 g/mol. The maximum absolute atomic E-state index is 2.82. The summed E-state index contributed by atoms with van der Waals surface area (Å²) in [5, 5.41) is 0. The number of nitrogens with zero attached hydrogens (tertiary/aromatic N) is 2. The molecule has 3 atom stereocenters. The van der Waals surface area contributed by atoms with Gasteiger partial charge in [0, 0.05) is 18.6 Å². The Morgan fingerprint density at radius 1 is 1.13 bits per heavy atom. The van der Waals surface area contributed by atoms with E-state index in [0.29, 0.717) is 5.41 Å². The van der Waals surface area contributed by atoms with Crippen LogP contribution in [0.3, 0.4) is 0 Å². The fourth-order valence-electron chi connectivity index (χ4n) is 4.20. The molecule has 1 aliphatic carbocycles. The number of hydrogen-bond acceptors (Lipinski definition) is 2. The predicted octanol–water partition coefficient (Wildman–Crippen LogP) is 1.95. The summed E-state index contributed by atoms with van der Waals surface area (Å²) >= 11 is 0. The first kappa shape index (κ1) is 10.1. The topological polar surface area (TPSA) is 6.48 Å². The van der Waals surface area contributed by atoms with Gasteiger partial charge in [0.2, 0.25) is 0 Å². The first-order chi connectivity index (χ1) is 7.21. The molecule has 3 unspecified atom stereocenters. The van der Waals surface area contributed by atoms with Crippen LogP contribution in [0.25, 0.3) is 0 Å². The standard InChI is InChI=1S/C13H24N2/c1-11-4-3-8-15(11)12-5-6-13(12)7-9-14(2)10-13/h11-12H,3-10H2,1-2H3. The molecule has 2 nitrogen and oxygen atoms in total. The maximum Gasteiger partial charge on any atom is 0.0167 e. The third-order valence-corrected chi connectivity index (χ3v) is 5.20. The van der Waals surface area contributed by atoms with Crippen LogP contribution in [0.15, 0.2) is 0 Å². The highest BCUT2D eigenvalue weighted by atomic mass is 15.2. The molecule has 3 rings (SSSR count). The van der Waals surface area contributed by atoms with Crippen LogP contribution in [-0.2, 0) is 0 Å². The summed E-state index contributed by atoms with van der Waals surface area (Å²) in [7, 11) is 2.29. The Kier molecular flexibility index (Phi) is 2.33. The van der Waals surface area contributed by atoms with Gasteiger partial charge in [-0.15, -0.1) is 0 Å². The van der Waals surface area contributed by atoms with E-state index < -0.39 is 0 Å². The zero-order valence-corrected chi connectivity index (χ0v) is 10.2. The highest BCUT2D eigenvalue weighted by Crippen LogP contribution is 2.51. The molecule has 0 bridgehead atoms. The summed E-state index contributed by atoms with van der Waals surface area (Å²) in [6, 6.07) is 1.79. The molecule has 0 aromatic heterocycles. The van der Waals surface area contributed by atoms with Crippen LogP contribution in [0.2, 0.25) is 0 Å². The van der Waals surface area contributed by atoms with Crippen LogP contribution in [0, 0.1) is 5.41 Å². The van der Waals surface area contributed by atoms with Crippen molar-refractivity contribution < 1.29 is 0 Å². The Hall–Kier alpha value is -0.0800. The van der Waals surface area contributed by atoms with Crippen molar-refractivity contribution >= 4 is 0 Å². The highest BCUT2D eigenvalue weighted by molar-refractivity contribution is 5.07. The lowest BCUT2D eigenvalue weighted by Crippen LogP contribution is -2.57.